The maximum Gasteiger partial charge on any atom is 0.254 e. The van der Waals surface area contributed by atoms with Crippen LogP contribution in [0.3, 0.4) is 0 Å². The number of aliphatic hydroxyl groups excluding tert-OH is 1. The fourth-order valence-corrected chi connectivity index (χ4v) is 1.06. The lowest BCUT2D eigenvalue weighted by Gasteiger charge is -2.09. The molecule has 4 nitrogen and oxygen atoms in total. The minimum absolute atomic E-state index is 0.0718. The molecule has 0 fully saturated rings. The molecule has 0 aliphatic rings. The van der Waals surface area contributed by atoms with Crippen molar-refractivity contribution in [2.45, 2.75) is 13.0 Å². The second kappa shape index (κ2) is 4.74. The molecule has 0 radical (unpaired) electrons. The van der Waals surface area contributed by atoms with E-state index in [1.54, 1.807) is 6.07 Å². The molecule has 0 aliphatic carbocycles. The van der Waals surface area contributed by atoms with E-state index >= 15 is 0 Å². The molecule has 1 unspecified atom stereocenters. The van der Waals surface area contributed by atoms with Crippen molar-refractivity contribution < 1.29 is 9.90 Å². The number of hydrogen-bond acceptors (Lipinski definition) is 3. The van der Waals surface area contributed by atoms with Crippen LogP contribution in [0.5, 0.6) is 0 Å². The van der Waals surface area contributed by atoms with E-state index in [0.29, 0.717) is 5.69 Å². The molecule has 1 aromatic rings. The topological polar surface area (TPSA) is 75.3 Å². The summed E-state index contributed by atoms with van der Waals surface area (Å²) in [6, 6.07) is 7.34. The van der Waals surface area contributed by atoms with Gasteiger partial charge in [-0.2, -0.15) is 0 Å². The van der Waals surface area contributed by atoms with E-state index in [4.69, 9.17) is 10.8 Å². The molecular formula is C10H14N2O2. The largest absolute Gasteiger partial charge is 0.382 e. The highest BCUT2D eigenvalue weighted by molar-refractivity contribution is 5.94. The summed E-state index contributed by atoms with van der Waals surface area (Å²) >= 11 is 0. The summed E-state index contributed by atoms with van der Waals surface area (Å²) in [6.45, 7) is 1.85. The molecule has 1 amide bonds. The van der Waals surface area contributed by atoms with E-state index in [2.05, 4.69) is 5.32 Å². The molecule has 1 rings (SSSR count). The lowest BCUT2D eigenvalue weighted by Crippen LogP contribution is -2.34. The normalized spacial score (nSPS) is 12.2. The summed E-state index contributed by atoms with van der Waals surface area (Å²) in [5.41, 5.74) is 6.86. The summed E-state index contributed by atoms with van der Waals surface area (Å²) in [4.78, 5) is 11.2. The van der Waals surface area contributed by atoms with E-state index in [1.807, 2.05) is 25.1 Å². The van der Waals surface area contributed by atoms with Crippen LogP contribution in [0.4, 0.5) is 5.69 Å². The third kappa shape index (κ3) is 2.83. The molecule has 0 aromatic heterocycles. The van der Waals surface area contributed by atoms with Crippen molar-refractivity contribution in [2.24, 2.45) is 5.73 Å². The maximum atomic E-state index is 11.2. The molecule has 4 heteroatoms. The summed E-state index contributed by atoms with van der Waals surface area (Å²) in [6.07, 6.45) is -1.14. The average molecular weight is 194 g/mol. The van der Waals surface area contributed by atoms with Gasteiger partial charge in [-0.25, -0.2) is 0 Å². The SMILES string of the molecule is Cc1cccc(NC(=O)C(O)CN)c1. The first-order chi connectivity index (χ1) is 6.63. The van der Waals surface area contributed by atoms with Crippen LogP contribution in [-0.2, 0) is 4.79 Å². The van der Waals surface area contributed by atoms with E-state index in [-0.39, 0.29) is 6.54 Å². The Bertz CT molecular complexity index is 326. The zero-order chi connectivity index (χ0) is 10.6. The lowest BCUT2D eigenvalue weighted by atomic mass is 10.2. The van der Waals surface area contributed by atoms with Gasteiger partial charge in [0.2, 0.25) is 0 Å². The van der Waals surface area contributed by atoms with Gasteiger partial charge < -0.3 is 16.2 Å². The number of carbonyl (C=O) groups excluding carboxylic acids is 1. The number of amides is 1. The Morgan fingerprint density at radius 1 is 1.64 bits per heavy atom. The summed E-state index contributed by atoms with van der Waals surface area (Å²) < 4.78 is 0. The Balaban J connectivity index is 2.65. The Morgan fingerprint density at radius 3 is 2.93 bits per heavy atom. The highest BCUT2D eigenvalue weighted by Crippen LogP contribution is 2.09. The van der Waals surface area contributed by atoms with Crippen LogP contribution >= 0.6 is 0 Å². The fraction of sp³-hybridized carbons (Fsp3) is 0.300. The molecule has 76 valence electrons. The van der Waals surface area contributed by atoms with Crippen molar-refractivity contribution in [3.63, 3.8) is 0 Å². The van der Waals surface area contributed by atoms with E-state index in [0.717, 1.165) is 5.56 Å². The number of nitrogens with two attached hydrogens (primary N) is 1. The molecule has 1 atom stereocenters. The average Bonchev–Trinajstić information content (AvgIpc) is 2.16. The van der Waals surface area contributed by atoms with Gasteiger partial charge in [0.15, 0.2) is 0 Å². The number of anilines is 1. The van der Waals surface area contributed by atoms with Crippen molar-refractivity contribution in [2.75, 3.05) is 11.9 Å². The van der Waals surface area contributed by atoms with Crippen LogP contribution in [0.15, 0.2) is 24.3 Å². The Labute approximate surface area is 82.7 Å². The first kappa shape index (κ1) is 10.7. The zero-order valence-electron chi connectivity index (χ0n) is 8.03. The van der Waals surface area contributed by atoms with Gasteiger partial charge in [-0.1, -0.05) is 12.1 Å². The van der Waals surface area contributed by atoms with Crippen molar-refractivity contribution in [3.05, 3.63) is 29.8 Å². The second-order valence-corrected chi connectivity index (χ2v) is 3.11. The third-order valence-corrected chi connectivity index (χ3v) is 1.81. The van der Waals surface area contributed by atoms with Crippen LogP contribution in [0.2, 0.25) is 0 Å². The van der Waals surface area contributed by atoms with Crippen LogP contribution in [0, 0.1) is 6.92 Å². The number of aryl methyl sites for hydroxylation is 1. The van der Waals surface area contributed by atoms with Gasteiger partial charge in [0.05, 0.1) is 0 Å². The van der Waals surface area contributed by atoms with Crippen molar-refractivity contribution in [1.29, 1.82) is 0 Å². The first-order valence-corrected chi connectivity index (χ1v) is 4.39. The third-order valence-electron chi connectivity index (χ3n) is 1.81. The number of carbonyl (C=O) groups is 1. The lowest BCUT2D eigenvalue weighted by molar-refractivity contribution is -0.123. The maximum absolute atomic E-state index is 11.2. The molecule has 0 bridgehead atoms. The molecule has 0 aliphatic heterocycles. The van der Waals surface area contributed by atoms with Crippen LogP contribution in [0.1, 0.15) is 5.56 Å². The quantitative estimate of drug-likeness (QED) is 0.645. The van der Waals surface area contributed by atoms with Crippen molar-refractivity contribution in [3.8, 4) is 0 Å². The Kier molecular flexibility index (Phi) is 3.62. The summed E-state index contributed by atoms with van der Waals surface area (Å²) in [5, 5.41) is 11.7. The zero-order valence-corrected chi connectivity index (χ0v) is 8.03. The molecule has 1 aromatic carbocycles. The van der Waals surface area contributed by atoms with Gasteiger partial charge in [-0.05, 0) is 24.6 Å². The van der Waals surface area contributed by atoms with Gasteiger partial charge in [-0.3, -0.25) is 4.79 Å². The van der Waals surface area contributed by atoms with Crippen LogP contribution in [-0.4, -0.2) is 23.7 Å². The summed E-state index contributed by atoms with van der Waals surface area (Å²) in [5.74, 6) is -0.474. The smallest absolute Gasteiger partial charge is 0.254 e. The predicted octanol–water partition coefficient (Wildman–Crippen LogP) is 0.253. The number of rotatable bonds is 3. The highest BCUT2D eigenvalue weighted by Gasteiger charge is 2.12. The number of aliphatic hydroxyl groups is 1. The Hall–Kier alpha value is -1.39. The van der Waals surface area contributed by atoms with E-state index in [9.17, 15) is 4.79 Å². The molecular weight excluding hydrogens is 180 g/mol. The minimum Gasteiger partial charge on any atom is -0.382 e. The Morgan fingerprint density at radius 2 is 2.36 bits per heavy atom. The summed E-state index contributed by atoms with van der Waals surface area (Å²) in [7, 11) is 0. The van der Waals surface area contributed by atoms with Crippen LogP contribution < -0.4 is 11.1 Å². The van der Waals surface area contributed by atoms with Gasteiger partial charge >= 0.3 is 0 Å². The second-order valence-electron chi connectivity index (χ2n) is 3.11. The molecule has 4 N–H and O–H groups in total. The predicted molar refractivity (Wildman–Crippen MR) is 54.9 cm³/mol. The molecule has 14 heavy (non-hydrogen) atoms. The molecule has 0 saturated heterocycles. The fourth-order valence-electron chi connectivity index (χ4n) is 1.06. The van der Waals surface area contributed by atoms with Gasteiger partial charge in [0.25, 0.3) is 5.91 Å². The number of nitrogens with one attached hydrogen (secondary N) is 1. The van der Waals surface area contributed by atoms with Crippen LogP contribution in [0.25, 0.3) is 0 Å². The van der Waals surface area contributed by atoms with Crippen molar-refractivity contribution >= 4 is 11.6 Å². The van der Waals surface area contributed by atoms with Gasteiger partial charge in [-0.15, -0.1) is 0 Å². The monoisotopic (exact) mass is 194 g/mol. The number of benzene rings is 1. The van der Waals surface area contributed by atoms with E-state index in [1.165, 1.54) is 0 Å². The first-order valence-electron chi connectivity index (χ1n) is 4.39. The highest BCUT2D eigenvalue weighted by atomic mass is 16.3. The molecule has 0 saturated carbocycles. The number of hydrogen-bond donors (Lipinski definition) is 3. The standard InChI is InChI=1S/C10H14N2O2/c1-7-3-2-4-8(5-7)12-10(14)9(13)6-11/h2-5,9,13H,6,11H2,1H3,(H,12,14). The van der Waals surface area contributed by atoms with E-state index < -0.39 is 12.0 Å². The molecule has 0 heterocycles. The van der Waals surface area contributed by atoms with Crippen molar-refractivity contribution in [1.82, 2.24) is 0 Å². The van der Waals surface area contributed by atoms with Gasteiger partial charge in [0, 0.05) is 12.2 Å². The minimum atomic E-state index is -1.14. The van der Waals surface area contributed by atoms with Gasteiger partial charge in [0.1, 0.15) is 6.10 Å². The molecule has 0 spiro atoms.